The van der Waals surface area contributed by atoms with Crippen molar-refractivity contribution < 1.29 is 40.1 Å². The minimum Gasteiger partial charge on any atom is -0.394 e. The maximum absolute atomic E-state index is 10.4. The van der Waals surface area contributed by atoms with Gasteiger partial charge in [0.2, 0.25) is 0 Å². The van der Waals surface area contributed by atoms with Gasteiger partial charge in [0.1, 0.15) is 70.4 Å². The van der Waals surface area contributed by atoms with E-state index in [0.717, 1.165) is 0 Å². The highest BCUT2D eigenvalue weighted by atomic mass is 33.1. The van der Waals surface area contributed by atoms with Crippen molar-refractivity contribution in [2.45, 2.75) is 59.1 Å². The fraction of sp³-hybridized carbons (Fsp3) is 0.500. The summed E-state index contributed by atoms with van der Waals surface area (Å²) in [4.78, 5) is 25.8. The zero-order chi connectivity index (χ0) is 26.6. The van der Waals surface area contributed by atoms with E-state index in [-0.39, 0.29) is 0 Å². The second kappa shape index (κ2) is 10.2. The highest BCUT2D eigenvalue weighted by Gasteiger charge is 2.45. The van der Waals surface area contributed by atoms with Crippen molar-refractivity contribution in [1.82, 2.24) is 39.0 Å². The number of hydrogen-bond donors (Lipinski definition) is 6. The molecule has 2 aliphatic heterocycles. The summed E-state index contributed by atoms with van der Waals surface area (Å²) in [5.74, 6) is 0. The Morgan fingerprint density at radius 3 is 1.42 bits per heavy atom. The van der Waals surface area contributed by atoms with Crippen LogP contribution in [0.5, 0.6) is 0 Å². The third-order valence-corrected chi connectivity index (χ3v) is 8.63. The van der Waals surface area contributed by atoms with Crippen LogP contribution in [0.1, 0.15) is 12.5 Å². The molecule has 2 aliphatic rings. The number of imidazole rings is 2. The summed E-state index contributed by atoms with van der Waals surface area (Å²) in [6, 6.07) is 0. The molecule has 0 saturated carbocycles. The Hall–Kier alpha value is -2.52. The molecule has 0 aliphatic carbocycles. The van der Waals surface area contributed by atoms with Crippen LogP contribution in [0, 0.1) is 0 Å². The van der Waals surface area contributed by atoms with Gasteiger partial charge in [-0.05, 0) is 21.6 Å². The van der Waals surface area contributed by atoms with Crippen molar-refractivity contribution in [3.63, 3.8) is 0 Å². The molecule has 2 saturated heterocycles. The second-order valence-corrected chi connectivity index (χ2v) is 10.7. The van der Waals surface area contributed by atoms with E-state index < -0.39 is 62.3 Å². The maximum atomic E-state index is 10.4. The van der Waals surface area contributed by atoms with Crippen LogP contribution in [0.2, 0.25) is 0 Å². The Balaban J connectivity index is 1.25. The third kappa shape index (κ3) is 4.13. The van der Waals surface area contributed by atoms with Gasteiger partial charge in [-0.25, -0.2) is 29.9 Å². The molecule has 0 unspecified atom stereocenters. The summed E-state index contributed by atoms with van der Waals surface area (Å²) >= 11 is 0. The first kappa shape index (κ1) is 25.7. The number of hydrogen-bond acceptors (Lipinski definition) is 16. The van der Waals surface area contributed by atoms with Gasteiger partial charge < -0.3 is 40.1 Å². The average molecular weight is 567 g/mol. The molecule has 0 bridgehead atoms. The molecular formula is C20H22N8O8S2. The Morgan fingerprint density at radius 1 is 0.632 bits per heavy atom. The number of aliphatic hydroxyl groups is 6. The van der Waals surface area contributed by atoms with Crippen LogP contribution >= 0.6 is 21.6 Å². The van der Waals surface area contributed by atoms with Gasteiger partial charge in [0.05, 0.1) is 25.9 Å². The van der Waals surface area contributed by atoms with E-state index >= 15 is 0 Å². The molecule has 18 heteroatoms. The smallest absolute Gasteiger partial charge is 0.166 e. The number of rotatable bonds is 7. The summed E-state index contributed by atoms with van der Waals surface area (Å²) < 4.78 is 14.1. The monoisotopic (exact) mass is 566 g/mol. The molecule has 38 heavy (non-hydrogen) atoms. The fourth-order valence-corrected chi connectivity index (χ4v) is 6.44. The lowest BCUT2D eigenvalue weighted by molar-refractivity contribution is -0.0511. The lowest BCUT2D eigenvalue weighted by Crippen LogP contribution is -2.33. The van der Waals surface area contributed by atoms with Gasteiger partial charge in [-0.15, -0.1) is 0 Å². The van der Waals surface area contributed by atoms with Crippen molar-refractivity contribution in [2.24, 2.45) is 0 Å². The zero-order valence-electron chi connectivity index (χ0n) is 19.2. The summed E-state index contributed by atoms with van der Waals surface area (Å²) in [6.45, 7) is -0.905. The number of nitrogens with zero attached hydrogens (tertiary/aromatic N) is 8. The zero-order valence-corrected chi connectivity index (χ0v) is 20.9. The number of ether oxygens (including phenoxy) is 2. The van der Waals surface area contributed by atoms with Gasteiger partial charge in [0.25, 0.3) is 0 Å². The summed E-state index contributed by atoms with van der Waals surface area (Å²) in [6.07, 6.45) is -3.46. The fourth-order valence-electron chi connectivity index (χ4n) is 4.45. The molecule has 6 N–H and O–H groups in total. The van der Waals surface area contributed by atoms with E-state index in [1.165, 1.54) is 56.0 Å². The molecular weight excluding hydrogens is 544 g/mol. The minimum absolute atomic E-state index is 0.361. The number of fused-ring (bicyclic) bond motifs is 2. The molecule has 4 aromatic heterocycles. The highest BCUT2D eigenvalue weighted by Crippen LogP contribution is 2.41. The Morgan fingerprint density at radius 2 is 1.05 bits per heavy atom. The maximum Gasteiger partial charge on any atom is 0.166 e. The molecule has 8 atom stereocenters. The first-order valence-corrected chi connectivity index (χ1v) is 13.5. The van der Waals surface area contributed by atoms with Crippen molar-refractivity contribution in [3.05, 3.63) is 25.3 Å². The van der Waals surface area contributed by atoms with Crippen LogP contribution in [-0.2, 0) is 9.47 Å². The highest BCUT2D eigenvalue weighted by molar-refractivity contribution is 8.76. The lowest BCUT2D eigenvalue weighted by Gasteiger charge is -2.16. The van der Waals surface area contributed by atoms with Crippen molar-refractivity contribution in [3.8, 4) is 0 Å². The third-order valence-electron chi connectivity index (χ3n) is 6.43. The van der Waals surface area contributed by atoms with E-state index in [2.05, 4.69) is 29.9 Å². The Bertz CT molecular complexity index is 1350. The SMILES string of the molecule is OC[C@@H]1O[C@@H](n2cnc3c(SSc4ncnc5c4ncn5[C@H]4O[C@@H](CO)[C@@H](O)[C@H]4O)ncnc32)[C@H](O)[C@@H]1O. The molecule has 0 radical (unpaired) electrons. The van der Waals surface area contributed by atoms with Gasteiger partial charge in [-0.3, -0.25) is 9.13 Å². The second-order valence-electron chi connectivity index (χ2n) is 8.63. The van der Waals surface area contributed by atoms with E-state index in [0.29, 0.717) is 32.4 Å². The van der Waals surface area contributed by atoms with Crippen molar-refractivity contribution in [1.29, 1.82) is 0 Å². The Labute approximate surface area is 220 Å². The number of aliphatic hydroxyl groups excluding tert-OH is 6. The van der Waals surface area contributed by atoms with Crippen LogP contribution < -0.4 is 0 Å². The van der Waals surface area contributed by atoms with Gasteiger partial charge in [0.15, 0.2) is 23.8 Å². The number of aromatic nitrogens is 8. The first-order chi connectivity index (χ1) is 18.4. The van der Waals surface area contributed by atoms with Crippen LogP contribution in [0.4, 0.5) is 0 Å². The first-order valence-electron chi connectivity index (χ1n) is 11.4. The summed E-state index contributed by atoms with van der Waals surface area (Å²) in [7, 11) is 2.46. The van der Waals surface area contributed by atoms with Crippen molar-refractivity contribution >= 4 is 43.9 Å². The lowest BCUT2D eigenvalue weighted by atomic mass is 10.1. The molecule has 2 fully saturated rings. The van der Waals surface area contributed by atoms with E-state index in [1.54, 1.807) is 0 Å². The van der Waals surface area contributed by atoms with Crippen molar-refractivity contribution in [2.75, 3.05) is 13.2 Å². The summed E-state index contributed by atoms with van der Waals surface area (Å²) in [5, 5.41) is 60.7. The van der Waals surface area contributed by atoms with Crippen LogP contribution in [0.3, 0.4) is 0 Å². The normalized spacial score (nSPS) is 31.6. The predicted molar refractivity (Wildman–Crippen MR) is 128 cm³/mol. The van der Waals surface area contributed by atoms with Gasteiger partial charge in [-0.2, -0.15) is 0 Å². The van der Waals surface area contributed by atoms with Gasteiger partial charge >= 0.3 is 0 Å². The predicted octanol–water partition coefficient (Wildman–Crippen LogP) is -2.01. The molecule has 6 rings (SSSR count). The van der Waals surface area contributed by atoms with Crippen LogP contribution in [-0.4, -0.2) is 120 Å². The molecule has 202 valence electrons. The molecule has 0 amide bonds. The Kier molecular flexibility index (Phi) is 6.93. The van der Waals surface area contributed by atoms with E-state index in [9.17, 15) is 30.6 Å². The van der Waals surface area contributed by atoms with Crippen LogP contribution in [0.25, 0.3) is 22.3 Å². The molecule has 4 aromatic rings. The standard InChI is InChI=1S/C20H22N8O8S2/c29-1-7-11(31)13(33)19(35-7)27-5-25-9-15(27)21-3-23-17(9)37-38-18-10-16(22-4-24-18)28(6-26-10)20-14(34)12(32)8(2-30)36-20/h3-8,11-14,19-20,29-34H,1-2H2/t7-,8-,11+,12+,13+,14+,19-,20+/m0/s1. The molecule has 6 heterocycles. The largest absolute Gasteiger partial charge is 0.394 e. The van der Waals surface area contributed by atoms with Gasteiger partial charge in [-0.1, -0.05) is 0 Å². The quantitative estimate of drug-likeness (QED) is 0.105. The van der Waals surface area contributed by atoms with Gasteiger partial charge in [0, 0.05) is 0 Å². The molecule has 0 aromatic carbocycles. The average Bonchev–Trinajstić information content (AvgIpc) is 3.69. The minimum atomic E-state index is -1.29. The van der Waals surface area contributed by atoms with Crippen LogP contribution in [0.15, 0.2) is 35.4 Å². The summed E-state index contributed by atoms with van der Waals surface area (Å²) in [5.41, 5.74) is 1.56. The van der Waals surface area contributed by atoms with E-state index in [1.807, 2.05) is 0 Å². The van der Waals surface area contributed by atoms with E-state index in [4.69, 9.17) is 9.47 Å². The molecule has 16 nitrogen and oxygen atoms in total. The topological polar surface area (TPSA) is 227 Å². The molecule has 0 spiro atoms.